The van der Waals surface area contributed by atoms with Crippen LogP contribution in [0.25, 0.3) is 0 Å². The maximum Gasteiger partial charge on any atom is 0.279 e. The van der Waals surface area contributed by atoms with Gasteiger partial charge in [0.2, 0.25) is 0 Å². The first kappa shape index (κ1) is 15.8. The Morgan fingerprint density at radius 3 is 3.22 bits per heavy atom. The van der Waals surface area contributed by atoms with Crippen LogP contribution in [0, 0.1) is 0 Å². The number of carbonyl (C=O) groups excluding carboxylic acids is 1. The molecular formula is C14H16N4O4S. The van der Waals surface area contributed by atoms with Crippen molar-refractivity contribution < 1.29 is 14.3 Å². The largest absolute Gasteiger partial charge is 0.379 e. The molecule has 1 saturated heterocycles. The second kappa shape index (κ2) is 7.44. The zero-order chi connectivity index (χ0) is 16.1. The number of carbonyl (C=O) groups is 1. The third kappa shape index (κ3) is 4.01. The Labute approximate surface area is 135 Å². The summed E-state index contributed by atoms with van der Waals surface area (Å²) in [5.41, 5.74) is 1.91. The predicted octanol–water partition coefficient (Wildman–Crippen LogP) is 0.330. The zero-order valence-electron chi connectivity index (χ0n) is 12.2. The first-order valence-electron chi connectivity index (χ1n) is 7.15. The molecule has 0 spiro atoms. The van der Waals surface area contributed by atoms with Gasteiger partial charge < -0.3 is 19.8 Å². The molecule has 0 aliphatic carbocycles. The van der Waals surface area contributed by atoms with Crippen molar-refractivity contribution in [3.05, 3.63) is 45.0 Å². The van der Waals surface area contributed by atoms with E-state index in [-0.39, 0.29) is 17.8 Å². The van der Waals surface area contributed by atoms with E-state index in [1.807, 2.05) is 5.38 Å². The molecule has 1 aliphatic heterocycles. The second-order valence-corrected chi connectivity index (χ2v) is 5.76. The van der Waals surface area contributed by atoms with E-state index >= 15 is 0 Å². The third-order valence-electron chi connectivity index (χ3n) is 3.47. The van der Waals surface area contributed by atoms with Gasteiger partial charge in [-0.1, -0.05) is 0 Å². The van der Waals surface area contributed by atoms with Crippen LogP contribution in [0.15, 0.2) is 28.1 Å². The predicted molar refractivity (Wildman–Crippen MR) is 82.2 cm³/mol. The number of aromatic nitrogens is 3. The fraction of sp³-hybridized carbons (Fsp3) is 0.429. The van der Waals surface area contributed by atoms with Gasteiger partial charge in [-0.15, -0.1) is 11.3 Å². The van der Waals surface area contributed by atoms with Crippen LogP contribution in [0.2, 0.25) is 0 Å². The Balaban J connectivity index is 1.63. The number of amides is 1. The number of aromatic amines is 1. The van der Waals surface area contributed by atoms with E-state index in [1.165, 1.54) is 23.7 Å². The van der Waals surface area contributed by atoms with Gasteiger partial charge in [-0.05, 0) is 6.42 Å². The highest BCUT2D eigenvalue weighted by Crippen LogP contribution is 2.14. The van der Waals surface area contributed by atoms with Gasteiger partial charge in [-0.3, -0.25) is 9.59 Å². The van der Waals surface area contributed by atoms with Crippen LogP contribution >= 0.6 is 11.3 Å². The number of nitrogens with zero attached hydrogens (tertiary/aromatic N) is 2. The maximum atomic E-state index is 12.2. The van der Waals surface area contributed by atoms with Crippen LogP contribution < -0.4 is 10.9 Å². The molecule has 1 aliphatic rings. The number of ether oxygens (including phenoxy) is 2. The molecule has 23 heavy (non-hydrogen) atoms. The van der Waals surface area contributed by atoms with Crippen LogP contribution in [-0.2, 0) is 16.1 Å². The summed E-state index contributed by atoms with van der Waals surface area (Å²) in [6.07, 6.45) is 3.07. The average molecular weight is 336 g/mol. The highest BCUT2D eigenvalue weighted by Gasteiger charge is 2.29. The number of rotatable bonds is 5. The van der Waals surface area contributed by atoms with Crippen molar-refractivity contribution in [3.63, 3.8) is 0 Å². The van der Waals surface area contributed by atoms with Crippen molar-refractivity contribution in [1.82, 2.24) is 20.3 Å². The Hall–Kier alpha value is -2.10. The van der Waals surface area contributed by atoms with E-state index in [0.29, 0.717) is 26.2 Å². The molecule has 9 heteroatoms. The lowest BCUT2D eigenvalue weighted by Crippen LogP contribution is -2.50. The lowest BCUT2D eigenvalue weighted by Gasteiger charge is -2.31. The van der Waals surface area contributed by atoms with Crippen LogP contribution in [0.3, 0.4) is 0 Å². The first-order valence-corrected chi connectivity index (χ1v) is 8.09. The quantitative estimate of drug-likeness (QED) is 0.815. The molecule has 0 saturated carbocycles. The average Bonchev–Trinajstić information content (AvgIpc) is 3.08. The fourth-order valence-corrected chi connectivity index (χ4v) is 2.84. The smallest absolute Gasteiger partial charge is 0.279 e. The van der Waals surface area contributed by atoms with Crippen molar-refractivity contribution in [2.45, 2.75) is 25.2 Å². The van der Waals surface area contributed by atoms with E-state index < -0.39 is 11.5 Å². The minimum atomic E-state index is -0.517. The van der Waals surface area contributed by atoms with Gasteiger partial charge in [0, 0.05) is 24.4 Å². The number of H-pyrrole nitrogens is 1. The number of nitrogens with one attached hydrogen (secondary N) is 2. The van der Waals surface area contributed by atoms with Gasteiger partial charge in [-0.2, -0.15) is 0 Å². The molecule has 0 bridgehead atoms. The van der Waals surface area contributed by atoms with E-state index in [2.05, 4.69) is 20.3 Å². The molecule has 122 valence electrons. The highest BCUT2D eigenvalue weighted by atomic mass is 32.1. The molecule has 2 atom stereocenters. The Kier molecular flexibility index (Phi) is 5.11. The number of thiazole rings is 1. The van der Waals surface area contributed by atoms with Crippen molar-refractivity contribution in [1.29, 1.82) is 0 Å². The lowest BCUT2D eigenvalue weighted by atomic mass is 10.1. The Bertz CT molecular complexity index is 703. The molecule has 2 aromatic rings. The molecule has 2 N–H and O–H groups in total. The minimum absolute atomic E-state index is 0.155. The molecule has 3 rings (SSSR count). The Morgan fingerprint density at radius 1 is 1.52 bits per heavy atom. The van der Waals surface area contributed by atoms with Gasteiger partial charge in [-0.25, -0.2) is 9.97 Å². The van der Waals surface area contributed by atoms with Crippen LogP contribution in [0.1, 0.15) is 22.6 Å². The molecule has 0 radical (unpaired) electrons. The van der Waals surface area contributed by atoms with Crippen LogP contribution in [0.4, 0.5) is 0 Å². The summed E-state index contributed by atoms with van der Waals surface area (Å²) in [7, 11) is 0. The Morgan fingerprint density at radius 2 is 2.43 bits per heavy atom. The summed E-state index contributed by atoms with van der Waals surface area (Å²) in [6.45, 7) is 1.27. The summed E-state index contributed by atoms with van der Waals surface area (Å²) in [5.74, 6) is -0.513. The van der Waals surface area contributed by atoms with Gasteiger partial charge in [0.15, 0.2) is 5.69 Å². The SMILES string of the molecule is O=C(N[C@@H]1CCOC[C@H]1OCc1cscn1)c1ncc[nH]c1=O. The summed E-state index contributed by atoms with van der Waals surface area (Å²) in [6, 6.07) is -0.240. The van der Waals surface area contributed by atoms with Crippen LogP contribution in [-0.4, -0.2) is 46.2 Å². The highest BCUT2D eigenvalue weighted by molar-refractivity contribution is 7.07. The van der Waals surface area contributed by atoms with Gasteiger partial charge in [0.1, 0.15) is 6.10 Å². The first-order chi connectivity index (χ1) is 11.2. The topological polar surface area (TPSA) is 106 Å². The summed E-state index contributed by atoms with van der Waals surface area (Å²) >= 11 is 1.50. The fourth-order valence-electron chi connectivity index (χ4n) is 2.29. The van der Waals surface area contributed by atoms with Gasteiger partial charge in [0.05, 0.1) is 30.5 Å². The molecule has 2 aromatic heterocycles. The second-order valence-electron chi connectivity index (χ2n) is 5.04. The van der Waals surface area contributed by atoms with Crippen molar-refractivity contribution in [2.24, 2.45) is 0 Å². The van der Waals surface area contributed by atoms with Gasteiger partial charge >= 0.3 is 0 Å². The summed E-state index contributed by atoms with van der Waals surface area (Å²) in [5, 5.41) is 4.72. The molecule has 1 fully saturated rings. The van der Waals surface area contributed by atoms with E-state index in [0.717, 1.165) is 5.69 Å². The van der Waals surface area contributed by atoms with Crippen molar-refractivity contribution in [3.8, 4) is 0 Å². The maximum absolute atomic E-state index is 12.2. The standard InChI is InChI=1S/C14H16N4O4S/c19-13-12(15-2-3-16-13)14(20)18-10-1-4-21-6-11(10)22-5-9-7-23-8-17-9/h2-3,7-8,10-11H,1,4-6H2,(H,16,19)(H,18,20)/t10-,11-/m1/s1. The molecule has 0 unspecified atom stereocenters. The lowest BCUT2D eigenvalue weighted by molar-refractivity contribution is -0.0742. The van der Waals surface area contributed by atoms with Crippen molar-refractivity contribution in [2.75, 3.05) is 13.2 Å². The van der Waals surface area contributed by atoms with E-state index in [4.69, 9.17) is 9.47 Å². The molecule has 1 amide bonds. The van der Waals surface area contributed by atoms with E-state index in [1.54, 1.807) is 5.51 Å². The minimum Gasteiger partial charge on any atom is -0.379 e. The zero-order valence-corrected chi connectivity index (χ0v) is 13.0. The summed E-state index contributed by atoms with van der Waals surface area (Å²) < 4.78 is 11.2. The summed E-state index contributed by atoms with van der Waals surface area (Å²) in [4.78, 5) is 34.2. The molecule has 0 aromatic carbocycles. The number of hydrogen-bond donors (Lipinski definition) is 2. The normalized spacial score (nSPS) is 21.0. The van der Waals surface area contributed by atoms with Crippen LogP contribution in [0.5, 0.6) is 0 Å². The van der Waals surface area contributed by atoms with E-state index in [9.17, 15) is 9.59 Å². The number of hydrogen-bond acceptors (Lipinski definition) is 7. The molecule has 3 heterocycles. The molecular weight excluding hydrogens is 320 g/mol. The van der Waals surface area contributed by atoms with Gasteiger partial charge in [0.25, 0.3) is 11.5 Å². The third-order valence-corrected chi connectivity index (χ3v) is 4.11. The molecule has 8 nitrogen and oxygen atoms in total. The van der Waals surface area contributed by atoms with Crippen molar-refractivity contribution >= 4 is 17.2 Å². The monoisotopic (exact) mass is 336 g/mol.